The van der Waals surface area contributed by atoms with Gasteiger partial charge < -0.3 is 9.47 Å². The van der Waals surface area contributed by atoms with Crippen LogP contribution in [0.3, 0.4) is 0 Å². The molecule has 0 aliphatic carbocycles. The standard InChI is InChI=1S/C17H18Br2O2/c1-3-20-13-7-5-12(6-8-13)17(19)15-10-9-14(21-4-2)11-16(15)18/h5-11,17H,3-4H2,1-2H3. The third-order valence-corrected chi connectivity index (χ3v) is 4.75. The van der Waals surface area contributed by atoms with Crippen LogP contribution >= 0.6 is 31.9 Å². The Balaban J connectivity index is 2.20. The number of halogens is 2. The smallest absolute Gasteiger partial charge is 0.120 e. The van der Waals surface area contributed by atoms with Crippen LogP contribution in [0.15, 0.2) is 46.9 Å². The van der Waals surface area contributed by atoms with Crippen molar-refractivity contribution < 1.29 is 9.47 Å². The lowest BCUT2D eigenvalue weighted by Gasteiger charge is -2.14. The number of rotatable bonds is 6. The Labute approximate surface area is 142 Å². The van der Waals surface area contributed by atoms with Gasteiger partial charge in [-0.2, -0.15) is 0 Å². The van der Waals surface area contributed by atoms with E-state index in [-0.39, 0.29) is 4.83 Å². The van der Waals surface area contributed by atoms with E-state index in [1.165, 1.54) is 11.1 Å². The highest BCUT2D eigenvalue weighted by molar-refractivity contribution is 9.11. The van der Waals surface area contributed by atoms with Crippen molar-refractivity contribution in [3.8, 4) is 11.5 Å². The highest BCUT2D eigenvalue weighted by atomic mass is 79.9. The number of hydrogen-bond acceptors (Lipinski definition) is 2. The molecule has 112 valence electrons. The molecule has 0 saturated heterocycles. The Bertz CT molecular complexity index is 582. The highest BCUT2D eigenvalue weighted by Gasteiger charge is 2.14. The van der Waals surface area contributed by atoms with Crippen LogP contribution < -0.4 is 9.47 Å². The Kier molecular flexibility index (Phi) is 6.12. The average Bonchev–Trinajstić information content (AvgIpc) is 2.48. The molecule has 0 aliphatic rings. The molecule has 2 aromatic rings. The van der Waals surface area contributed by atoms with Crippen molar-refractivity contribution in [1.82, 2.24) is 0 Å². The monoisotopic (exact) mass is 412 g/mol. The zero-order valence-corrected chi connectivity index (χ0v) is 15.3. The zero-order chi connectivity index (χ0) is 15.2. The first-order valence-corrected chi connectivity index (χ1v) is 8.65. The van der Waals surface area contributed by atoms with E-state index in [0.29, 0.717) is 13.2 Å². The zero-order valence-electron chi connectivity index (χ0n) is 12.1. The Morgan fingerprint density at radius 3 is 2.05 bits per heavy atom. The summed E-state index contributed by atoms with van der Waals surface area (Å²) in [5.74, 6) is 1.77. The van der Waals surface area contributed by atoms with E-state index in [9.17, 15) is 0 Å². The third-order valence-electron chi connectivity index (χ3n) is 3.04. The summed E-state index contributed by atoms with van der Waals surface area (Å²) in [5, 5.41) is 0. The second kappa shape index (κ2) is 7.85. The van der Waals surface area contributed by atoms with Crippen molar-refractivity contribution in [2.24, 2.45) is 0 Å². The second-order valence-electron chi connectivity index (χ2n) is 4.48. The summed E-state index contributed by atoms with van der Waals surface area (Å²) in [5.41, 5.74) is 2.35. The van der Waals surface area contributed by atoms with Gasteiger partial charge in [0.25, 0.3) is 0 Å². The van der Waals surface area contributed by atoms with E-state index in [4.69, 9.17) is 9.47 Å². The maximum Gasteiger partial charge on any atom is 0.120 e. The van der Waals surface area contributed by atoms with Gasteiger partial charge in [-0.15, -0.1) is 0 Å². The number of ether oxygens (including phenoxy) is 2. The van der Waals surface area contributed by atoms with Crippen LogP contribution in [0.2, 0.25) is 0 Å². The first kappa shape index (κ1) is 16.4. The number of alkyl halides is 1. The van der Waals surface area contributed by atoms with Crippen molar-refractivity contribution in [1.29, 1.82) is 0 Å². The van der Waals surface area contributed by atoms with Gasteiger partial charge in [0.15, 0.2) is 0 Å². The van der Waals surface area contributed by atoms with E-state index < -0.39 is 0 Å². The Hall–Kier alpha value is -1.00. The number of benzene rings is 2. The summed E-state index contributed by atoms with van der Waals surface area (Å²) in [7, 11) is 0. The molecule has 1 atom stereocenters. The predicted molar refractivity (Wildman–Crippen MR) is 93.7 cm³/mol. The molecule has 21 heavy (non-hydrogen) atoms. The summed E-state index contributed by atoms with van der Waals surface area (Å²) in [6, 6.07) is 14.2. The van der Waals surface area contributed by atoms with Gasteiger partial charge in [0.2, 0.25) is 0 Å². The molecular formula is C17H18Br2O2. The maximum absolute atomic E-state index is 5.51. The van der Waals surface area contributed by atoms with Gasteiger partial charge in [0.05, 0.1) is 18.0 Å². The maximum atomic E-state index is 5.51. The lowest BCUT2D eigenvalue weighted by molar-refractivity contribution is 0.340. The first-order chi connectivity index (χ1) is 10.2. The van der Waals surface area contributed by atoms with Crippen LogP contribution in [0.1, 0.15) is 29.8 Å². The minimum absolute atomic E-state index is 0.123. The van der Waals surface area contributed by atoms with Crippen LogP contribution in [0.5, 0.6) is 11.5 Å². The molecule has 2 aromatic carbocycles. The molecule has 2 rings (SSSR count). The van der Waals surface area contributed by atoms with Crippen molar-refractivity contribution in [2.45, 2.75) is 18.7 Å². The molecule has 0 heterocycles. The minimum atomic E-state index is 0.123. The SMILES string of the molecule is CCOc1ccc(C(Br)c2ccc(OCC)cc2Br)cc1. The summed E-state index contributed by atoms with van der Waals surface area (Å²) < 4.78 is 12.0. The van der Waals surface area contributed by atoms with E-state index in [2.05, 4.69) is 50.1 Å². The lowest BCUT2D eigenvalue weighted by Crippen LogP contribution is -1.97. The Morgan fingerprint density at radius 1 is 0.905 bits per heavy atom. The fourth-order valence-electron chi connectivity index (χ4n) is 2.05. The highest BCUT2D eigenvalue weighted by Crippen LogP contribution is 2.37. The fourth-order valence-corrected chi connectivity index (χ4v) is 3.65. The molecule has 4 heteroatoms. The molecule has 0 aromatic heterocycles. The molecule has 0 bridgehead atoms. The fraction of sp³-hybridized carbons (Fsp3) is 0.294. The summed E-state index contributed by atoms with van der Waals surface area (Å²) in [6.07, 6.45) is 0. The van der Waals surface area contributed by atoms with E-state index >= 15 is 0 Å². The average molecular weight is 414 g/mol. The van der Waals surface area contributed by atoms with Gasteiger partial charge in [0.1, 0.15) is 11.5 Å². The summed E-state index contributed by atoms with van der Waals surface area (Å²) in [6.45, 7) is 5.32. The largest absolute Gasteiger partial charge is 0.494 e. The van der Waals surface area contributed by atoms with Crippen LogP contribution in [-0.2, 0) is 0 Å². The molecule has 1 unspecified atom stereocenters. The van der Waals surface area contributed by atoms with Gasteiger partial charge in [-0.05, 0) is 49.2 Å². The molecular weight excluding hydrogens is 396 g/mol. The minimum Gasteiger partial charge on any atom is -0.494 e. The molecule has 0 N–H and O–H groups in total. The van der Waals surface area contributed by atoms with Gasteiger partial charge in [-0.3, -0.25) is 0 Å². The van der Waals surface area contributed by atoms with Crippen molar-refractivity contribution >= 4 is 31.9 Å². The van der Waals surface area contributed by atoms with Gasteiger partial charge >= 0.3 is 0 Å². The van der Waals surface area contributed by atoms with Crippen molar-refractivity contribution in [3.05, 3.63) is 58.1 Å². The van der Waals surface area contributed by atoms with E-state index in [1.807, 2.05) is 38.1 Å². The van der Waals surface area contributed by atoms with Crippen molar-refractivity contribution in [2.75, 3.05) is 13.2 Å². The molecule has 0 spiro atoms. The van der Waals surface area contributed by atoms with Gasteiger partial charge in [-0.25, -0.2) is 0 Å². The number of hydrogen-bond donors (Lipinski definition) is 0. The van der Waals surface area contributed by atoms with E-state index in [0.717, 1.165) is 16.0 Å². The van der Waals surface area contributed by atoms with Crippen LogP contribution in [0, 0.1) is 0 Å². The third kappa shape index (κ3) is 4.24. The van der Waals surface area contributed by atoms with Gasteiger partial charge in [0, 0.05) is 4.47 Å². The lowest BCUT2D eigenvalue weighted by atomic mass is 10.0. The van der Waals surface area contributed by atoms with Crippen molar-refractivity contribution in [3.63, 3.8) is 0 Å². The topological polar surface area (TPSA) is 18.5 Å². The molecule has 0 fully saturated rings. The molecule has 0 amide bonds. The Morgan fingerprint density at radius 2 is 1.48 bits per heavy atom. The van der Waals surface area contributed by atoms with E-state index in [1.54, 1.807) is 0 Å². The molecule has 0 radical (unpaired) electrons. The summed E-state index contributed by atoms with van der Waals surface area (Å²) >= 11 is 7.38. The van der Waals surface area contributed by atoms with Crippen LogP contribution in [-0.4, -0.2) is 13.2 Å². The quantitative estimate of drug-likeness (QED) is 0.563. The molecule has 0 aliphatic heterocycles. The van der Waals surface area contributed by atoms with Gasteiger partial charge in [-0.1, -0.05) is 50.1 Å². The normalized spacial score (nSPS) is 12.0. The van der Waals surface area contributed by atoms with Crippen LogP contribution in [0.25, 0.3) is 0 Å². The second-order valence-corrected chi connectivity index (χ2v) is 6.25. The predicted octanol–water partition coefficient (Wildman–Crippen LogP) is 5.73. The van der Waals surface area contributed by atoms with Crippen LogP contribution in [0.4, 0.5) is 0 Å². The molecule has 0 saturated carbocycles. The summed E-state index contributed by atoms with van der Waals surface area (Å²) in [4.78, 5) is 0.123. The first-order valence-electron chi connectivity index (χ1n) is 6.94. The molecule has 2 nitrogen and oxygen atoms in total.